The van der Waals surface area contributed by atoms with Crippen LogP contribution >= 0.6 is 0 Å². The molecule has 6 N–H and O–H groups in total. The van der Waals surface area contributed by atoms with Crippen LogP contribution in [0.25, 0.3) is 0 Å². The molecule has 0 saturated carbocycles. The van der Waals surface area contributed by atoms with E-state index in [1.807, 2.05) is 19.1 Å². The number of likely N-dealkylation sites (N-methyl/N-ethyl adjacent to an activating group) is 1. The predicted octanol–water partition coefficient (Wildman–Crippen LogP) is 2.21. The molecule has 0 fully saturated rings. The molecule has 4 atom stereocenters. The highest BCUT2D eigenvalue weighted by Gasteiger charge is 2.63. The molecular formula is C30H32N2O7. The maximum Gasteiger partial charge on any atom is 0.255 e. The number of nitrogens with zero attached hydrogens (tertiary/aromatic N) is 1. The molecule has 3 aliphatic carbocycles. The molecule has 5 rings (SSSR count). The number of aliphatic hydroxyl groups is 3. The number of Topliss-reactive ketones (excluding diaryl/α,β-unsaturated/α-hetero) is 2. The molecule has 0 unspecified atom stereocenters. The molecule has 9 nitrogen and oxygen atoms in total. The first-order valence-corrected chi connectivity index (χ1v) is 12.9. The summed E-state index contributed by atoms with van der Waals surface area (Å²) in [5.74, 6) is -6.48. The molecule has 1 amide bonds. The van der Waals surface area contributed by atoms with Gasteiger partial charge in [0.25, 0.3) is 5.91 Å². The zero-order valence-corrected chi connectivity index (χ0v) is 22.1. The zero-order chi connectivity index (χ0) is 28.4. The maximum absolute atomic E-state index is 13.8. The number of nitrogens with two attached hydrogens (primary N) is 1. The largest absolute Gasteiger partial charge is 0.510 e. The Labute approximate surface area is 225 Å². The molecule has 3 aliphatic rings. The molecule has 0 saturated heterocycles. The van der Waals surface area contributed by atoms with Gasteiger partial charge in [0.1, 0.15) is 22.8 Å². The molecule has 0 aliphatic heterocycles. The summed E-state index contributed by atoms with van der Waals surface area (Å²) < 4.78 is 0. The summed E-state index contributed by atoms with van der Waals surface area (Å²) in [7, 11) is 3.21. The summed E-state index contributed by atoms with van der Waals surface area (Å²) in [6.45, 7) is 2.02. The Kier molecular flexibility index (Phi) is 6.39. The Morgan fingerprint density at radius 1 is 1.05 bits per heavy atom. The van der Waals surface area contributed by atoms with Gasteiger partial charge in [-0.05, 0) is 75.4 Å². The van der Waals surface area contributed by atoms with Crippen molar-refractivity contribution in [2.75, 3.05) is 14.1 Å². The van der Waals surface area contributed by atoms with E-state index in [4.69, 9.17) is 5.73 Å². The second kappa shape index (κ2) is 9.36. The number of amides is 1. The Morgan fingerprint density at radius 2 is 1.72 bits per heavy atom. The summed E-state index contributed by atoms with van der Waals surface area (Å²) in [5.41, 5.74) is 5.65. The zero-order valence-electron chi connectivity index (χ0n) is 22.1. The van der Waals surface area contributed by atoms with E-state index in [0.717, 1.165) is 23.1 Å². The van der Waals surface area contributed by atoms with Crippen LogP contribution in [0, 0.1) is 18.8 Å². The first-order valence-electron chi connectivity index (χ1n) is 12.9. The van der Waals surface area contributed by atoms with Crippen LogP contribution in [0.2, 0.25) is 0 Å². The van der Waals surface area contributed by atoms with Crippen molar-refractivity contribution in [2.45, 2.75) is 44.2 Å². The van der Waals surface area contributed by atoms with Gasteiger partial charge in [-0.25, -0.2) is 0 Å². The van der Waals surface area contributed by atoms with Crippen molar-refractivity contribution in [3.63, 3.8) is 0 Å². The third-order valence-corrected chi connectivity index (χ3v) is 8.51. The minimum absolute atomic E-state index is 0.0391. The molecular weight excluding hydrogens is 500 g/mol. The van der Waals surface area contributed by atoms with E-state index in [-0.39, 0.29) is 29.7 Å². The first kappa shape index (κ1) is 26.6. The van der Waals surface area contributed by atoms with Gasteiger partial charge in [0, 0.05) is 11.5 Å². The topological polar surface area (TPSA) is 161 Å². The number of aromatic hydroxyl groups is 1. The average molecular weight is 533 g/mol. The summed E-state index contributed by atoms with van der Waals surface area (Å²) in [4.78, 5) is 40.8. The quantitative estimate of drug-likeness (QED) is 0.366. The van der Waals surface area contributed by atoms with Gasteiger partial charge in [-0.2, -0.15) is 0 Å². The van der Waals surface area contributed by atoms with Crippen LogP contribution in [0.3, 0.4) is 0 Å². The standard InChI is InChI=1S/C30H32N2O7/c1-14-4-6-15(7-5-14)8-9-16-10-11-20(33)22-18(16)12-17-13-19-24(32(2)3)26(35)23(29(31)38)28(37)30(19,39)27(36)21(17)25(22)34/h4-7,10-11,17,19,24,33,35-36,39H,8-9,12-13H2,1-3H3,(H2,31,38)/t17-,19-,24-,30-/m1/s1. The molecule has 0 aromatic heterocycles. The van der Waals surface area contributed by atoms with Crippen molar-refractivity contribution in [3.05, 3.63) is 86.9 Å². The van der Waals surface area contributed by atoms with Crippen LogP contribution in [0.15, 0.2) is 59.1 Å². The smallest absolute Gasteiger partial charge is 0.255 e. The van der Waals surface area contributed by atoms with E-state index in [9.17, 15) is 34.8 Å². The summed E-state index contributed by atoms with van der Waals surface area (Å²) >= 11 is 0. The molecule has 2 aromatic rings. The number of phenols is 1. The first-order chi connectivity index (χ1) is 18.4. The number of carbonyl (C=O) groups is 3. The van der Waals surface area contributed by atoms with Crippen molar-refractivity contribution in [2.24, 2.45) is 17.6 Å². The molecule has 39 heavy (non-hydrogen) atoms. The van der Waals surface area contributed by atoms with E-state index in [1.54, 1.807) is 20.2 Å². The number of fused-ring (bicyclic) bond motifs is 3. The van der Waals surface area contributed by atoms with Crippen LogP contribution in [0.4, 0.5) is 0 Å². The number of rotatable bonds is 5. The number of phenolic OH excluding ortho intramolecular Hbond substituents is 1. The third-order valence-electron chi connectivity index (χ3n) is 8.51. The van der Waals surface area contributed by atoms with Crippen LogP contribution in [0.1, 0.15) is 39.0 Å². The molecule has 0 heterocycles. The molecule has 9 heteroatoms. The number of aliphatic hydroxyl groups excluding tert-OH is 2. The monoisotopic (exact) mass is 532 g/mol. The Balaban J connectivity index is 1.60. The number of hydrogen-bond acceptors (Lipinski definition) is 8. The van der Waals surface area contributed by atoms with Crippen molar-refractivity contribution in [1.29, 1.82) is 0 Å². The van der Waals surface area contributed by atoms with Gasteiger partial charge >= 0.3 is 0 Å². The normalized spacial score (nSPS) is 26.4. The van der Waals surface area contributed by atoms with Crippen LogP contribution in [0.5, 0.6) is 5.75 Å². The van der Waals surface area contributed by atoms with E-state index < -0.39 is 58.0 Å². The van der Waals surface area contributed by atoms with Gasteiger partial charge in [-0.1, -0.05) is 35.9 Å². The fourth-order valence-corrected chi connectivity index (χ4v) is 6.58. The Bertz CT molecular complexity index is 1470. The van der Waals surface area contributed by atoms with Gasteiger partial charge in [-0.15, -0.1) is 0 Å². The minimum Gasteiger partial charge on any atom is -0.510 e. The minimum atomic E-state index is -2.64. The van der Waals surface area contributed by atoms with Gasteiger partial charge in [0.05, 0.1) is 11.6 Å². The average Bonchev–Trinajstić information content (AvgIpc) is 2.86. The maximum atomic E-state index is 13.8. The van der Waals surface area contributed by atoms with Gasteiger partial charge in [-0.3, -0.25) is 19.3 Å². The molecule has 2 aromatic carbocycles. The highest BCUT2D eigenvalue weighted by molar-refractivity contribution is 6.24. The summed E-state index contributed by atoms with van der Waals surface area (Å²) in [5, 5.41) is 44.6. The number of aryl methyl sites for hydroxylation is 3. The summed E-state index contributed by atoms with van der Waals surface area (Å²) in [6.07, 6.45) is 1.69. The SMILES string of the molecule is Cc1ccc(CCc2ccc(O)c3c2C[C@@H]2C[C@@H]4[C@@H](N(C)C)C(O)=C(C(N)=O)C(=O)[C@]4(O)C(O)=C2C3=O)cc1. The number of primary amides is 1. The Morgan fingerprint density at radius 3 is 2.33 bits per heavy atom. The lowest BCUT2D eigenvalue weighted by Gasteiger charge is -2.50. The van der Waals surface area contributed by atoms with Crippen molar-refractivity contribution < 1.29 is 34.8 Å². The highest BCUT2D eigenvalue weighted by atomic mass is 16.3. The van der Waals surface area contributed by atoms with E-state index >= 15 is 0 Å². The fraction of sp³-hybridized carbons (Fsp3) is 0.367. The van der Waals surface area contributed by atoms with Crippen molar-refractivity contribution in [3.8, 4) is 5.75 Å². The molecule has 0 bridgehead atoms. The lowest BCUT2D eigenvalue weighted by Crippen LogP contribution is -2.63. The Hall–Kier alpha value is -3.95. The predicted molar refractivity (Wildman–Crippen MR) is 142 cm³/mol. The number of hydrogen-bond donors (Lipinski definition) is 5. The molecule has 0 spiro atoms. The van der Waals surface area contributed by atoms with Crippen molar-refractivity contribution >= 4 is 17.5 Å². The lowest BCUT2D eigenvalue weighted by molar-refractivity contribution is -0.148. The number of ketones is 2. The van der Waals surface area contributed by atoms with Gasteiger partial charge in [0.15, 0.2) is 11.4 Å². The van der Waals surface area contributed by atoms with Crippen LogP contribution in [-0.4, -0.2) is 68.5 Å². The van der Waals surface area contributed by atoms with Crippen LogP contribution in [-0.2, 0) is 28.9 Å². The lowest BCUT2D eigenvalue weighted by atomic mass is 9.58. The summed E-state index contributed by atoms with van der Waals surface area (Å²) in [6, 6.07) is 10.4. The number of benzene rings is 2. The van der Waals surface area contributed by atoms with Crippen LogP contribution < -0.4 is 5.73 Å². The second-order valence-corrected chi connectivity index (χ2v) is 11.0. The van der Waals surface area contributed by atoms with Crippen molar-refractivity contribution in [1.82, 2.24) is 4.90 Å². The number of carbonyl (C=O) groups excluding carboxylic acids is 3. The second-order valence-electron chi connectivity index (χ2n) is 11.0. The van der Waals surface area contributed by atoms with E-state index in [1.165, 1.54) is 11.0 Å². The van der Waals surface area contributed by atoms with Gasteiger partial charge in [0.2, 0.25) is 5.78 Å². The van der Waals surface area contributed by atoms with Gasteiger partial charge < -0.3 is 26.2 Å². The van der Waals surface area contributed by atoms with E-state index in [2.05, 4.69) is 12.1 Å². The third kappa shape index (κ3) is 3.95. The fourth-order valence-electron chi connectivity index (χ4n) is 6.58. The number of allylic oxidation sites excluding steroid dienone is 1. The molecule has 204 valence electrons. The molecule has 0 radical (unpaired) electrons. The highest BCUT2D eigenvalue weighted by Crippen LogP contribution is 2.52. The van der Waals surface area contributed by atoms with E-state index in [0.29, 0.717) is 12.0 Å².